The molecular weight excluding hydrogens is 257 g/mol. The second kappa shape index (κ2) is 5.47. The second-order valence-electron chi connectivity index (χ2n) is 4.76. The zero-order valence-corrected chi connectivity index (χ0v) is 11.4. The van der Waals surface area contributed by atoms with E-state index in [-0.39, 0.29) is 5.75 Å². The van der Waals surface area contributed by atoms with Gasteiger partial charge < -0.3 is 10.4 Å². The van der Waals surface area contributed by atoms with Gasteiger partial charge in [0.25, 0.3) is 0 Å². The predicted molar refractivity (Wildman–Crippen MR) is 71.8 cm³/mol. The third-order valence-corrected chi connectivity index (χ3v) is 4.08. The molecule has 0 aliphatic heterocycles. The Balaban J connectivity index is 1.98. The summed E-state index contributed by atoms with van der Waals surface area (Å²) in [6, 6.07) is 3.78. The zero-order chi connectivity index (χ0) is 12.4. The summed E-state index contributed by atoms with van der Waals surface area (Å²) >= 11 is 11.8. The normalized spacial score (nSPS) is 17.8. The Hall–Kier alpha value is -0.440. The Labute approximate surface area is 112 Å². The number of halogens is 2. The molecule has 4 heteroatoms. The lowest BCUT2D eigenvalue weighted by Crippen LogP contribution is -2.36. The van der Waals surface area contributed by atoms with Crippen LogP contribution in [0, 0.1) is 5.92 Å². The van der Waals surface area contributed by atoms with Gasteiger partial charge in [0.15, 0.2) is 0 Å². The van der Waals surface area contributed by atoms with Crippen molar-refractivity contribution in [1.82, 2.24) is 5.32 Å². The van der Waals surface area contributed by atoms with Crippen LogP contribution in [-0.4, -0.2) is 11.1 Å². The van der Waals surface area contributed by atoms with Gasteiger partial charge in [-0.2, -0.15) is 0 Å². The first-order chi connectivity index (χ1) is 8.08. The molecule has 1 atom stereocenters. The van der Waals surface area contributed by atoms with Crippen LogP contribution in [0.4, 0.5) is 0 Å². The molecule has 1 fully saturated rings. The highest BCUT2D eigenvalue weighted by Gasteiger charge is 2.23. The van der Waals surface area contributed by atoms with Crippen molar-refractivity contribution in [3.8, 4) is 5.75 Å². The van der Waals surface area contributed by atoms with E-state index < -0.39 is 0 Å². The van der Waals surface area contributed by atoms with Crippen LogP contribution >= 0.6 is 23.2 Å². The minimum atomic E-state index is 0.129. The second-order valence-corrected chi connectivity index (χ2v) is 5.60. The van der Waals surface area contributed by atoms with Crippen molar-refractivity contribution in [2.24, 2.45) is 5.92 Å². The van der Waals surface area contributed by atoms with Crippen LogP contribution < -0.4 is 5.32 Å². The van der Waals surface area contributed by atoms with E-state index in [1.807, 2.05) is 0 Å². The average Bonchev–Trinajstić information content (AvgIpc) is 2.18. The Morgan fingerprint density at radius 1 is 1.41 bits per heavy atom. The molecule has 1 unspecified atom stereocenters. The molecule has 17 heavy (non-hydrogen) atoms. The van der Waals surface area contributed by atoms with Crippen LogP contribution in [0.3, 0.4) is 0 Å². The third kappa shape index (κ3) is 3.06. The first-order valence-electron chi connectivity index (χ1n) is 5.98. The molecule has 0 saturated heterocycles. The molecule has 2 rings (SSSR count). The summed E-state index contributed by atoms with van der Waals surface area (Å²) in [6.45, 7) is 2.79. The minimum Gasteiger partial charge on any atom is -0.506 e. The molecule has 0 bridgehead atoms. The van der Waals surface area contributed by atoms with Gasteiger partial charge in [-0.25, -0.2) is 0 Å². The van der Waals surface area contributed by atoms with Crippen LogP contribution in [0.15, 0.2) is 12.1 Å². The van der Waals surface area contributed by atoms with Crippen molar-refractivity contribution in [3.05, 3.63) is 27.7 Å². The molecule has 0 aromatic heterocycles. The van der Waals surface area contributed by atoms with Crippen LogP contribution in [-0.2, 0) is 6.54 Å². The number of hydrogen-bond donors (Lipinski definition) is 2. The number of nitrogens with one attached hydrogen (secondary N) is 1. The lowest BCUT2D eigenvalue weighted by Gasteiger charge is -2.32. The maximum atomic E-state index is 9.81. The zero-order valence-electron chi connectivity index (χ0n) is 9.84. The Kier molecular flexibility index (Phi) is 4.18. The van der Waals surface area contributed by atoms with Crippen molar-refractivity contribution in [2.75, 3.05) is 0 Å². The maximum absolute atomic E-state index is 9.81. The van der Waals surface area contributed by atoms with E-state index in [1.165, 1.54) is 19.3 Å². The molecule has 1 saturated carbocycles. The molecule has 94 valence electrons. The molecule has 0 heterocycles. The summed E-state index contributed by atoms with van der Waals surface area (Å²) in [7, 11) is 0. The van der Waals surface area contributed by atoms with Gasteiger partial charge in [0, 0.05) is 23.2 Å². The SMILES string of the molecule is CC(NCc1cc(Cl)cc(Cl)c1O)C1CCC1. The molecule has 0 spiro atoms. The number of hydrogen-bond acceptors (Lipinski definition) is 2. The van der Waals surface area contributed by atoms with Gasteiger partial charge >= 0.3 is 0 Å². The monoisotopic (exact) mass is 273 g/mol. The van der Waals surface area contributed by atoms with E-state index >= 15 is 0 Å². The Morgan fingerprint density at radius 2 is 2.12 bits per heavy atom. The highest BCUT2D eigenvalue weighted by atomic mass is 35.5. The lowest BCUT2D eigenvalue weighted by molar-refractivity contribution is 0.239. The predicted octanol–water partition coefficient (Wildman–Crippen LogP) is 3.98. The summed E-state index contributed by atoms with van der Waals surface area (Å²) in [6.07, 6.45) is 3.94. The van der Waals surface area contributed by atoms with Crippen molar-refractivity contribution < 1.29 is 5.11 Å². The molecule has 0 amide bonds. The number of aromatic hydroxyl groups is 1. The minimum absolute atomic E-state index is 0.129. The van der Waals surface area contributed by atoms with Crippen LogP contribution in [0.25, 0.3) is 0 Å². The van der Waals surface area contributed by atoms with Crippen molar-refractivity contribution in [1.29, 1.82) is 0 Å². The molecule has 2 N–H and O–H groups in total. The summed E-state index contributed by atoms with van der Waals surface area (Å²) in [5, 5.41) is 14.1. The largest absolute Gasteiger partial charge is 0.506 e. The summed E-state index contributed by atoms with van der Waals surface area (Å²) in [5.74, 6) is 0.899. The lowest BCUT2D eigenvalue weighted by atomic mass is 9.80. The Bertz CT molecular complexity index is 405. The third-order valence-electron chi connectivity index (χ3n) is 3.58. The topological polar surface area (TPSA) is 32.3 Å². The molecule has 0 radical (unpaired) electrons. The number of phenols is 1. The maximum Gasteiger partial charge on any atom is 0.138 e. The number of phenolic OH excluding ortho intramolecular Hbond substituents is 1. The van der Waals surface area contributed by atoms with Gasteiger partial charge in [0.2, 0.25) is 0 Å². The quantitative estimate of drug-likeness (QED) is 0.870. The van der Waals surface area contributed by atoms with Crippen LogP contribution in [0.1, 0.15) is 31.7 Å². The fourth-order valence-electron chi connectivity index (χ4n) is 2.13. The highest BCUT2D eigenvalue weighted by molar-refractivity contribution is 6.35. The molecule has 2 nitrogen and oxygen atoms in total. The number of rotatable bonds is 4. The molecule has 1 aliphatic carbocycles. The fraction of sp³-hybridized carbons (Fsp3) is 0.538. The van der Waals surface area contributed by atoms with E-state index in [2.05, 4.69) is 12.2 Å². The standard InChI is InChI=1S/C13H17Cl2NO/c1-8(9-3-2-4-9)16-7-10-5-11(14)6-12(15)13(10)17/h5-6,8-9,16-17H,2-4,7H2,1H3. The summed E-state index contributed by atoms with van der Waals surface area (Å²) in [4.78, 5) is 0. The molecule has 1 aromatic carbocycles. The van der Waals surface area contributed by atoms with Gasteiger partial charge in [-0.1, -0.05) is 29.6 Å². The van der Waals surface area contributed by atoms with Gasteiger partial charge in [0.1, 0.15) is 5.75 Å². The first kappa shape index (κ1) is 13.0. The summed E-state index contributed by atoms with van der Waals surface area (Å²) < 4.78 is 0. The Morgan fingerprint density at radius 3 is 2.71 bits per heavy atom. The van der Waals surface area contributed by atoms with E-state index in [9.17, 15) is 5.11 Å². The van der Waals surface area contributed by atoms with Crippen LogP contribution in [0.5, 0.6) is 5.75 Å². The molecule has 1 aromatic rings. The van der Waals surface area contributed by atoms with Crippen molar-refractivity contribution in [3.63, 3.8) is 0 Å². The van der Waals surface area contributed by atoms with Crippen molar-refractivity contribution in [2.45, 2.75) is 38.8 Å². The molecular formula is C13H17Cl2NO. The van der Waals surface area contributed by atoms with E-state index in [0.717, 1.165) is 11.5 Å². The average molecular weight is 274 g/mol. The van der Waals surface area contributed by atoms with Gasteiger partial charge in [-0.15, -0.1) is 0 Å². The van der Waals surface area contributed by atoms with Gasteiger partial charge in [-0.05, 0) is 37.8 Å². The first-order valence-corrected chi connectivity index (χ1v) is 6.74. The van der Waals surface area contributed by atoms with E-state index in [4.69, 9.17) is 23.2 Å². The molecule has 1 aliphatic rings. The van der Waals surface area contributed by atoms with E-state index in [1.54, 1.807) is 12.1 Å². The fourth-order valence-corrected chi connectivity index (χ4v) is 2.67. The smallest absolute Gasteiger partial charge is 0.138 e. The van der Waals surface area contributed by atoms with Crippen molar-refractivity contribution >= 4 is 23.2 Å². The van der Waals surface area contributed by atoms with E-state index in [0.29, 0.717) is 22.6 Å². The van der Waals surface area contributed by atoms with Gasteiger partial charge in [-0.3, -0.25) is 0 Å². The van der Waals surface area contributed by atoms with Gasteiger partial charge in [0.05, 0.1) is 5.02 Å². The van der Waals surface area contributed by atoms with Crippen LogP contribution in [0.2, 0.25) is 10.0 Å². The summed E-state index contributed by atoms with van der Waals surface area (Å²) in [5.41, 5.74) is 0.758. The highest BCUT2D eigenvalue weighted by Crippen LogP contribution is 2.32. The number of benzene rings is 1.